The molecule has 0 amide bonds. The average molecular weight is 258 g/mol. The van der Waals surface area contributed by atoms with E-state index in [4.69, 9.17) is 0 Å². The first-order valence-corrected chi connectivity index (χ1v) is 7.56. The van der Waals surface area contributed by atoms with Gasteiger partial charge >= 0.3 is 0 Å². The SMILES string of the molecule is CC(CC=O)c1ccccc1C1CCC(C)(C)CC1. The Labute approximate surface area is 117 Å². The maximum Gasteiger partial charge on any atom is 0.120 e. The fourth-order valence-electron chi connectivity index (χ4n) is 3.31. The van der Waals surface area contributed by atoms with Gasteiger partial charge in [0, 0.05) is 6.42 Å². The zero-order chi connectivity index (χ0) is 13.9. The van der Waals surface area contributed by atoms with E-state index in [9.17, 15) is 4.79 Å². The van der Waals surface area contributed by atoms with Crippen LogP contribution >= 0.6 is 0 Å². The van der Waals surface area contributed by atoms with Gasteiger partial charge in [-0.3, -0.25) is 0 Å². The number of carbonyl (C=O) groups excluding carboxylic acids is 1. The number of hydrogen-bond donors (Lipinski definition) is 0. The Balaban J connectivity index is 2.18. The van der Waals surface area contributed by atoms with Crippen LogP contribution in [-0.4, -0.2) is 6.29 Å². The molecule has 2 rings (SSSR count). The van der Waals surface area contributed by atoms with Gasteiger partial charge in [-0.25, -0.2) is 0 Å². The van der Waals surface area contributed by atoms with E-state index in [0.29, 0.717) is 23.7 Å². The van der Waals surface area contributed by atoms with Gasteiger partial charge < -0.3 is 4.79 Å². The summed E-state index contributed by atoms with van der Waals surface area (Å²) in [5.41, 5.74) is 3.39. The zero-order valence-electron chi connectivity index (χ0n) is 12.5. The Morgan fingerprint density at radius 2 is 1.89 bits per heavy atom. The molecule has 1 unspecified atom stereocenters. The van der Waals surface area contributed by atoms with Gasteiger partial charge in [0.1, 0.15) is 6.29 Å². The largest absolute Gasteiger partial charge is 0.303 e. The van der Waals surface area contributed by atoms with E-state index in [1.807, 2.05) is 0 Å². The molecule has 19 heavy (non-hydrogen) atoms. The minimum absolute atomic E-state index is 0.351. The molecule has 1 aliphatic rings. The minimum atomic E-state index is 0.351. The quantitative estimate of drug-likeness (QED) is 0.690. The average Bonchev–Trinajstić information content (AvgIpc) is 2.39. The summed E-state index contributed by atoms with van der Waals surface area (Å²) in [5, 5.41) is 0. The van der Waals surface area contributed by atoms with Crippen LogP contribution in [0.25, 0.3) is 0 Å². The number of aldehydes is 1. The second kappa shape index (κ2) is 5.90. The van der Waals surface area contributed by atoms with Gasteiger partial charge in [0.05, 0.1) is 0 Å². The Kier molecular flexibility index (Phi) is 4.44. The van der Waals surface area contributed by atoms with Crippen molar-refractivity contribution in [1.29, 1.82) is 0 Å². The maximum absolute atomic E-state index is 10.8. The predicted octanol–water partition coefficient (Wildman–Crippen LogP) is 5.06. The van der Waals surface area contributed by atoms with Gasteiger partial charge in [-0.05, 0) is 54.1 Å². The van der Waals surface area contributed by atoms with Crippen LogP contribution < -0.4 is 0 Å². The summed E-state index contributed by atoms with van der Waals surface area (Å²) in [6, 6.07) is 8.74. The molecule has 1 atom stereocenters. The standard InChI is InChI=1S/C18H26O/c1-14(10-13-19)16-6-4-5-7-17(16)15-8-11-18(2,3)12-9-15/h4-7,13-15H,8-12H2,1-3H3. The van der Waals surface area contributed by atoms with Crippen LogP contribution in [0.3, 0.4) is 0 Å². The van der Waals surface area contributed by atoms with E-state index < -0.39 is 0 Å². The second-order valence-electron chi connectivity index (χ2n) is 6.87. The molecule has 104 valence electrons. The van der Waals surface area contributed by atoms with Gasteiger partial charge in [0.25, 0.3) is 0 Å². The summed E-state index contributed by atoms with van der Waals surface area (Å²) < 4.78 is 0. The molecule has 1 heteroatoms. The van der Waals surface area contributed by atoms with Crippen molar-refractivity contribution in [1.82, 2.24) is 0 Å². The Morgan fingerprint density at radius 1 is 1.26 bits per heavy atom. The number of carbonyl (C=O) groups is 1. The van der Waals surface area contributed by atoms with Crippen molar-refractivity contribution in [3.63, 3.8) is 0 Å². The first-order valence-electron chi connectivity index (χ1n) is 7.56. The predicted molar refractivity (Wildman–Crippen MR) is 80.5 cm³/mol. The molecule has 0 radical (unpaired) electrons. The molecule has 0 aromatic heterocycles. The summed E-state index contributed by atoms with van der Waals surface area (Å²) in [6.07, 6.45) is 6.89. The van der Waals surface area contributed by atoms with Crippen LogP contribution in [0, 0.1) is 5.41 Å². The van der Waals surface area contributed by atoms with Crippen LogP contribution in [0.5, 0.6) is 0 Å². The maximum atomic E-state index is 10.8. The molecular weight excluding hydrogens is 232 g/mol. The second-order valence-corrected chi connectivity index (χ2v) is 6.87. The highest BCUT2D eigenvalue weighted by Crippen LogP contribution is 2.44. The van der Waals surface area contributed by atoms with Crippen LogP contribution in [0.4, 0.5) is 0 Å². The molecular formula is C18H26O. The van der Waals surface area contributed by atoms with Crippen molar-refractivity contribution < 1.29 is 4.79 Å². The third kappa shape index (κ3) is 3.46. The van der Waals surface area contributed by atoms with E-state index in [1.54, 1.807) is 0 Å². The smallest absolute Gasteiger partial charge is 0.120 e. The van der Waals surface area contributed by atoms with Gasteiger partial charge in [-0.15, -0.1) is 0 Å². The van der Waals surface area contributed by atoms with Crippen LogP contribution in [0.2, 0.25) is 0 Å². The van der Waals surface area contributed by atoms with E-state index in [2.05, 4.69) is 45.0 Å². The summed E-state index contributed by atoms with van der Waals surface area (Å²) in [7, 11) is 0. The lowest BCUT2D eigenvalue weighted by atomic mass is 9.70. The molecule has 0 saturated heterocycles. The Bertz CT molecular complexity index is 423. The molecule has 1 nitrogen and oxygen atoms in total. The lowest BCUT2D eigenvalue weighted by Gasteiger charge is -2.35. The van der Waals surface area contributed by atoms with Crippen molar-refractivity contribution in [2.75, 3.05) is 0 Å². The highest BCUT2D eigenvalue weighted by atomic mass is 16.1. The molecule has 1 aromatic carbocycles. The third-order valence-electron chi connectivity index (χ3n) is 4.76. The number of hydrogen-bond acceptors (Lipinski definition) is 1. The molecule has 0 spiro atoms. The first kappa shape index (κ1) is 14.3. The molecule has 1 aromatic rings. The summed E-state index contributed by atoms with van der Waals surface area (Å²) >= 11 is 0. The van der Waals surface area contributed by atoms with Gasteiger partial charge in [-0.2, -0.15) is 0 Å². The normalized spacial score (nSPS) is 21.0. The highest BCUT2D eigenvalue weighted by Gasteiger charge is 2.29. The molecule has 0 heterocycles. The Hall–Kier alpha value is -1.11. The first-order chi connectivity index (χ1) is 9.03. The van der Waals surface area contributed by atoms with E-state index in [-0.39, 0.29) is 0 Å². The molecule has 0 N–H and O–H groups in total. The summed E-state index contributed by atoms with van der Waals surface area (Å²) in [5.74, 6) is 1.04. The summed E-state index contributed by atoms with van der Waals surface area (Å²) in [4.78, 5) is 10.8. The lowest BCUT2D eigenvalue weighted by Crippen LogP contribution is -2.21. The van der Waals surface area contributed by atoms with Crippen LogP contribution in [0.1, 0.15) is 75.8 Å². The topological polar surface area (TPSA) is 17.1 Å². The van der Waals surface area contributed by atoms with E-state index in [1.165, 1.54) is 36.8 Å². The molecule has 1 saturated carbocycles. The minimum Gasteiger partial charge on any atom is -0.303 e. The third-order valence-corrected chi connectivity index (χ3v) is 4.76. The van der Waals surface area contributed by atoms with E-state index >= 15 is 0 Å². The van der Waals surface area contributed by atoms with Crippen LogP contribution in [0.15, 0.2) is 24.3 Å². The van der Waals surface area contributed by atoms with Gasteiger partial charge in [0.2, 0.25) is 0 Å². The molecule has 0 aliphatic heterocycles. The summed E-state index contributed by atoms with van der Waals surface area (Å²) in [6.45, 7) is 6.92. The fourth-order valence-corrected chi connectivity index (χ4v) is 3.31. The van der Waals surface area contributed by atoms with Gasteiger partial charge in [-0.1, -0.05) is 45.0 Å². The van der Waals surface area contributed by atoms with Crippen molar-refractivity contribution >= 4 is 6.29 Å². The van der Waals surface area contributed by atoms with Crippen molar-refractivity contribution in [2.24, 2.45) is 5.41 Å². The number of rotatable bonds is 4. The Morgan fingerprint density at radius 3 is 2.53 bits per heavy atom. The molecule has 1 aliphatic carbocycles. The number of benzene rings is 1. The van der Waals surface area contributed by atoms with Crippen molar-refractivity contribution in [3.05, 3.63) is 35.4 Å². The van der Waals surface area contributed by atoms with Crippen molar-refractivity contribution in [2.45, 2.75) is 64.7 Å². The van der Waals surface area contributed by atoms with Crippen molar-refractivity contribution in [3.8, 4) is 0 Å². The lowest BCUT2D eigenvalue weighted by molar-refractivity contribution is -0.108. The zero-order valence-corrected chi connectivity index (χ0v) is 12.5. The molecule has 1 fully saturated rings. The molecule has 0 bridgehead atoms. The monoisotopic (exact) mass is 258 g/mol. The van der Waals surface area contributed by atoms with E-state index in [0.717, 1.165) is 6.29 Å². The van der Waals surface area contributed by atoms with Crippen LogP contribution in [-0.2, 0) is 4.79 Å². The fraction of sp³-hybridized carbons (Fsp3) is 0.611. The highest BCUT2D eigenvalue weighted by molar-refractivity contribution is 5.52. The van der Waals surface area contributed by atoms with Gasteiger partial charge in [0.15, 0.2) is 0 Å².